The molecule has 19 heavy (non-hydrogen) atoms. The molecule has 1 fully saturated rings. The maximum absolute atomic E-state index is 6.15. The van der Waals surface area contributed by atoms with Crippen LogP contribution in [-0.2, 0) is 11.2 Å². The Balaban J connectivity index is 1.68. The highest BCUT2D eigenvalue weighted by Gasteiger charge is 2.22. The van der Waals surface area contributed by atoms with Gasteiger partial charge in [0.1, 0.15) is 6.10 Å². The Hall–Kier alpha value is -1.72. The van der Waals surface area contributed by atoms with Gasteiger partial charge in [0.2, 0.25) is 0 Å². The molecule has 3 N–H and O–H groups in total. The van der Waals surface area contributed by atoms with Gasteiger partial charge in [-0.15, -0.1) is 0 Å². The van der Waals surface area contributed by atoms with Gasteiger partial charge in [0.05, 0.1) is 6.04 Å². The van der Waals surface area contributed by atoms with Crippen molar-refractivity contribution >= 4 is 0 Å². The van der Waals surface area contributed by atoms with E-state index in [1.165, 1.54) is 5.56 Å². The third-order valence-corrected chi connectivity index (χ3v) is 3.38. The molecule has 1 aliphatic rings. The van der Waals surface area contributed by atoms with Gasteiger partial charge in [-0.05, 0) is 24.8 Å². The Labute approximate surface area is 112 Å². The summed E-state index contributed by atoms with van der Waals surface area (Å²) in [6.45, 7) is 0.802. The molecule has 1 aliphatic heterocycles. The standard InChI is InChI=1S/C14H18N4O/c15-11(9-10-5-2-1-3-6-10)13-16-14(18-17-13)12-7-4-8-19-12/h1-3,5-6,11-12H,4,7-9,15H2,(H,16,17,18)/t11-,12-/m0/s1. The number of H-pyrrole nitrogens is 1. The number of aromatic nitrogens is 3. The molecule has 0 saturated carbocycles. The fourth-order valence-electron chi connectivity index (χ4n) is 2.35. The largest absolute Gasteiger partial charge is 0.370 e. The van der Waals surface area contributed by atoms with E-state index in [9.17, 15) is 0 Å². The number of aromatic amines is 1. The molecule has 5 heteroatoms. The Kier molecular flexibility index (Phi) is 3.57. The first-order valence-corrected chi connectivity index (χ1v) is 6.66. The minimum Gasteiger partial charge on any atom is -0.370 e. The Morgan fingerprint density at radius 3 is 2.95 bits per heavy atom. The first-order chi connectivity index (χ1) is 9.33. The van der Waals surface area contributed by atoms with E-state index in [0.29, 0.717) is 5.82 Å². The van der Waals surface area contributed by atoms with E-state index in [2.05, 4.69) is 27.3 Å². The van der Waals surface area contributed by atoms with Crippen molar-refractivity contribution in [1.82, 2.24) is 15.2 Å². The van der Waals surface area contributed by atoms with Gasteiger partial charge in [0, 0.05) is 6.61 Å². The zero-order chi connectivity index (χ0) is 13.1. The van der Waals surface area contributed by atoms with Crippen LogP contribution < -0.4 is 5.73 Å². The van der Waals surface area contributed by atoms with Crippen molar-refractivity contribution < 1.29 is 4.74 Å². The van der Waals surface area contributed by atoms with Crippen molar-refractivity contribution in [3.63, 3.8) is 0 Å². The molecule has 100 valence electrons. The lowest BCUT2D eigenvalue weighted by Crippen LogP contribution is -2.15. The Morgan fingerprint density at radius 1 is 1.37 bits per heavy atom. The summed E-state index contributed by atoms with van der Waals surface area (Å²) in [6.07, 6.45) is 2.88. The molecule has 5 nitrogen and oxygen atoms in total. The summed E-state index contributed by atoms with van der Waals surface area (Å²) in [5.41, 5.74) is 7.35. The molecule has 0 radical (unpaired) electrons. The van der Waals surface area contributed by atoms with E-state index in [1.807, 2.05) is 18.2 Å². The van der Waals surface area contributed by atoms with Crippen LogP contribution in [0.25, 0.3) is 0 Å². The molecule has 3 rings (SSSR count). The smallest absolute Gasteiger partial charge is 0.167 e. The third kappa shape index (κ3) is 2.83. The average Bonchev–Trinajstić information content (AvgIpc) is 3.11. The second-order valence-electron chi connectivity index (χ2n) is 4.88. The number of hydrogen-bond acceptors (Lipinski definition) is 4. The van der Waals surface area contributed by atoms with Gasteiger partial charge in [0.15, 0.2) is 11.6 Å². The van der Waals surface area contributed by atoms with Crippen LogP contribution in [0.1, 0.15) is 42.2 Å². The van der Waals surface area contributed by atoms with Crippen molar-refractivity contribution in [3.05, 3.63) is 47.5 Å². The fraction of sp³-hybridized carbons (Fsp3) is 0.429. The molecule has 0 amide bonds. The molecule has 0 spiro atoms. The second kappa shape index (κ2) is 5.50. The lowest BCUT2D eigenvalue weighted by atomic mass is 10.1. The predicted octanol–water partition coefficient (Wildman–Crippen LogP) is 1.90. The number of nitrogens with two attached hydrogens (primary N) is 1. The van der Waals surface area contributed by atoms with Gasteiger partial charge in [-0.2, -0.15) is 5.10 Å². The molecular weight excluding hydrogens is 240 g/mol. The molecule has 0 aliphatic carbocycles. The van der Waals surface area contributed by atoms with Crippen LogP contribution in [0.2, 0.25) is 0 Å². The van der Waals surface area contributed by atoms with Crippen LogP contribution in [0, 0.1) is 0 Å². The number of ether oxygens (including phenoxy) is 1. The van der Waals surface area contributed by atoms with E-state index < -0.39 is 0 Å². The van der Waals surface area contributed by atoms with Crippen molar-refractivity contribution in [2.45, 2.75) is 31.4 Å². The number of nitrogens with zero attached hydrogens (tertiary/aromatic N) is 2. The molecule has 1 aromatic heterocycles. The Bertz CT molecular complexity index is 519. The molecule has 1 aromatic carbocycles. The van der Waals surface area contributed by atoms with Crippen LogP contribution in [0.5, 0.6) is 0 Å². The summed E-state index contributed by atoms with van der Waals surface area (Å²) in [6, 6.07) is 9.96. The molecule has 2 atom stereocenters. The summed E-state index contributed by atoms with van der Waals surface area (Å²) >= 11 is 0. The maximum atomic E-state index is 6.15. The van der Waals surface area contributed by atoms with Gasteiger partial charge in [-0.25, -0.2) is 4.98 Å². The van der Waals surface area contributed by atoms with Crippen LogP contribution in [0.15, 0.2) is 30.3 Å². The normalized spacial score (nSPS) is 20.6. The Morgan fingerprint density at radius 2 is 2.21 bits per heavy atom. The van der Waals surface area contributed by atoms with E-state index >= 15 is 0 Å². The van der Waals surface area contributed by atoms with E-state index in [-0.39, 0.29) is 12.1 Å². The van der Waals surface area contributed by atoms with Crippen LogP contribution in [0.4, 0.5) is 0 Å². The second-order valence-corrected chi connectivity index (χ2v) is 4.88. The predicted molar refractivity (Wildman–Crippen MR) is 71.4 cm³/mol. The summed E-state index contributed by atoms with van der Waals surface area (Å²) < 4.78 is 5.58. The fourth-order valence-corrected chi connectivity index (χ4v) is 2.35. The van der Waals surface area contributed by atoms with E-state index in [0.717, 1.165) is 31.7 Å². The number of rotatable bonds is 4. The van der Waals surface area contributed by atoms with Gasteiger partial charge in [-0.3, -0.25) is 5.10 Å². The van der Waals surface area contributed by atoms with Gasteiger partial charge < -0.3 is 10.5 Å². The summed E-state index contributed by atoms with van der Waals surface area (Å²) in [4.78, 5) is 4.47. The zero-order valence-electron chi connectivity index (χ0n) is 10.7. The third-order valence-electron chi connectivity index (χ3n) is 3.38. The van der Waals surface area contributed by atoms with Crippen LogP contribution in [-0.4, -0.2) is 21.8 Å². The van der Waals surface area contributed by atoms with Gasteiger partial charge in [0.25, 0.3) is 0 Å². The lowest BCUT2D eigenvalue weighted by molar-refractivity contribution is 0.105. The molecule has 2 heterocycles. The van der Waals surface area contributed by atoms with Gasteiger partial charge >= 0.3 is 0 Å². The molecule has 0 bridgehead atoms. The highest BCUT2D eigenvalue weighted by atomic mass is 16.5. The van der Waals surface area contributed by atoms with Crippen molar-refractivity contribution in [3.8, 4) is 0 Å². The average molecular weight is 258 g/mol. The minimum absolute atomic E-state index is 0.0603. The number of benzene rings is 1. The SMILES string of the molecule is N[C@@H](Cc1ccccc1)c1n[nH]c([C@@H]2CCCO2)n1. The number of hydrogen-bond donors (Lipinski definition) is 2. The van der Waals surface area contributed by atoms with Gasteiger partial charge in [-0.1, -0.05) is 30.3 Å². The lowest BCUT2D eigenvalue weighted by Gasteiger charge is -2.07. The molecule has 1 saturated heterocycles. The highest BCUT2D eigenvalue weighted by Crippen LogP contribution is 2.26. The van der Waals surface area contributed by atoms with E-state index in [4.69, 9.17) is 10.5 Å². The summed E-state index contributed by atoms with van der Waals surface area (Å²) in [5, 5.41) is 7.16. The molecule has 2 aromatic rings. The van der Waals surface area contributed by atoms with Crippen molar-refractivity contribution in [1.29, 1.82) is 0 Å². The maximum Gasteiger partial charge on any atom is 0.167 e. The monoisotopic (exact) mass is 258 g/mol. The highest BCUT2D eigenvalue weighted by molar-refractivity contribution is 5.17. The van der Waals surface area contributed by atoms with Crippen LogP contribution in [0.3, 0.4) is 0 Å². The van der Waals surface area contributed by atoms with Crippen molar-refractivity contribution in [2.24, 2.45) is 5.73 Å². The van der Waals surface area contributed by atoms with Crippen LogP contribution >= 0.6 is 0 Å². The minimum atomic E-state index is -0.186. The summed E-state index contributed by atoms with van der Waals surface area (Å²) in [7, 11) is 0. The number of nitrogens with one attached hydrogen (secondary N) is 1. The summed E-state index contributed by atoms with van der Waals surface area (Å²) in [5.74, 6) is 1.46. The van der Waals surface area contributed by atoms with E-state index in [1.54, 1.807) is 0 Å². The first-order valence-electron chi connectivity index (χ1n) is 6.66. The van der Waals surface area contributed by atoms with Crippen molar-refractivity contribution in [2.75, 3.05) is 6.61 Å². The molecule has 0 unspecified atom stereocenters. The topological polar surface area (TPSA) is 76.8 Å². The quantitative estimate of drug-likeness (QED) is 0.878. The zero-order valence-corrected chi connectivity index (χ0v) is 10.7. The molecular formula is C14H18N4O. The first kappa shape index (κ1) is 12.3.